The summed E-state index contributed by atoms with van der Waals surface area (Å²) in [5, 5.41) is 25.0. The number of amides is 1. The molecule has 5 aromatic rings. The second kappa shape index (κ2) is 11.1. The lowest BCUT2D eigenvalue weighted by molar-refractivity contribution is -0.115. The molecule has 0 fully saturated rings. The number of aromatic nitrogens is 2. The predicted octanol–water partition coefficient (Wildman–Crippen LogP) is 7.02. The van der Waals surface area contributed by atoms with Crippen LogP contribution in [0.3, 0.4) is 0 Å². The van der Waals surface area contributed by atoms with Crippen molar-refractivity contribution in [1.29, 1.82) is 10.5 Å². The number of anilines is 2. The number of aryl methyl sites for hydroxylation is 2. The molecule has 8 heteroatoms. The average molecular weight is 545 g/mol. The lowest BCUT2D eigenvalue weighted by Gasteiger charge is -2.18. The van der Waals surface area contributed by atoms with E-state index in [1.165, 1.54) is 11.8 Å². The molecule has 2 heterocycles. The number of pyridine rings is 1. The molecule has 0 saturated carbocycles. The van der Waals surface area contributed by atoms with Gasteiger partial charge in [0.2, 0.25) is 5.91 Å². The third-order valence-electron chi connectivity index (χ3n) is 7.03. The number of benzene rings is 3. The highest BCUT2D eigenvalue weighted by molar-refractivity contribution is 8.00. The first kappa shape index (κ1) is 26.8. The molecule has 3 N–H and O–H groups in total. The molecule has 0 radical (unpaired) electrons. The minimum Gasteiger partial charge on any atom is -0.383 e. The van der Waals surface area contributed by atoms with Gasteiger partial charge in [0.25, 0.3) is 0 Å². The van der Waals surface area contributed by atoms with E-state index in [0.29, 0.717) is 28.3 Å². The number of nitrogens with one attached hydrogen (secondary N) is 1. The van der Waals surface area contributed by atoms with Crippen molar-refractivity contribution in [3.05, 3.63) is 83.4 Å². The molecule has 0 aliphatic carbocycles. The number of nitrogen functional groups attached to an aromatic ring is 1. The predicted molar refractivity (Wildman–Crippen MR) is 162 cm³/mol. The first-order valence-electron chi connectivity index (χ1n) is 13.1. The number of carbonyl (C=O) groups excluding carboxylic acids is 1. The molecule has 198 valence electrons. The second-order valence-electron chi connectivity index (χ2n) is 9.51. The van der Waals surface area contributed by atoms with Crippen LogP contribution in [-0.4, -0.2) is 20.7 Å². The van der Waals surface area contributed by atoms with Crippen molar-refractivity contribution in [2.75, 3.05) is 11.1 Å². The fourth-order valence-electron chi connectivity index (χ4n) is 5.04. The van der Waals surface area contributed by atoms with Crippen molar-refractivity contribution < 1.29 is 4.79 Å². The molecule has 0 aliphatic heterocycles. The summed E-state index contributed by atoms with van der Waals surface area (Å²) in [4.78, 5) is 17.9. The van der Waals surface area contributed by atoms with Gasteiger partial charge in [-0.05, 0) is 50.1 Å². The highest BCUT2D eigenvalue weighted by Gasteiger charge is 2.26. The van der Waals surface area contributed by atoms with E-state index in [2.05, 4.69) is 46.1 Å². The van der Waals surface area contributed by atoms with Gasteiger partial charge in [-0.15, -0.1) is 0 Å². The Morgan fingerprint density at radius 2 is 1.70 bits per heavy atom. The van der Waals surface area contributed by atoms with Gasteiger partial charge in [-0.1, -0.05) is 66.7 Å². The maximum absolute atomic E-state index is 13.5. The Morgan fingerprint density at radius 3 is 2.38 bits per heavy atom. The van der Waals surface area contributed by atoms with Crippen molar-refractivity contribution in [3.63, 3.8) is 0 Å². The summed E-state index contributed by atoms with van der Waals surface area (Å²) < 4.78 is 2.26. The summed E-state index contributed by atoms with van der Waals surface area (Å²) in [6.07, 6.45) is 0.500. The van der Waals surface area contributed by atoms with Crippen LogP contribution in [0.5, 0.6) is 0 Å². The maximum Gasteiger partial charge on any atom is 0.237 e. The van der Waals surface area contributed by atoms with Crippen LogP contribution < -0.4 is 11.1 Å². The number of nitrogens with two attached hydrogens (primary N) is 1. The summed E-state index contributed by atoms with van der Waals surface area (Å²) in [7, 11) is 0. The van der Waals surface area contributed by atoms with Gasteiger partial charge in [0.1, 0.15) is 28.5 Å². The summed E-state index contributed by atoms with van der Waals surface area (Å²) in [5.41, 5.74) is 11.7. The lowest BCUT2D eigenvalue weighted by Crippen LogP contribution is -2.25. The molecule has 0 bridgehead atoms. The van der Waals surface area contributed by atoms with Crippen molar-refractivity contribution in [1.82, 2.24) is 9.55 Å². The highest BCUT2D eigenvalue weighted by atomic mass is 32.2. The van der Waals surface area contributed by atoms with Crippen molar-refractivity contribution in [2.45, 2.75) is 44.0 Å². The van der Waals surface area contributed by atoms with Crippen LogP contribution in [0.4, 0.5) is 11.5 Å². The number of carbonyl (C=O) groups is 1. The smallest absolute Gasteiger partial charge is 0.237 e. The van der Waals surface area contributed by atoms with Gasteiger partial charge in [-0.3, -0.25) is 4.79 Å². The van der Waals surface area contributed by atoms with E-state index in [9.17, 15) is 15.3 Å². The third-order valence-corrected chi connectivity index (χ3v) is 8.38. The normalized spacial score (nSPS) is 11.7. The van der Waals surface area contributed by atoms with Crippen molar-refractivity contribution in [3.8, 4) is 23.3 Å². The molecule has 1 unspecified atom stereocenters. The molecule has 40 heavy (non-hydrogen) atoms. The SMILES string of the molecule is CCC(Sc1nc(N)c(C#N)c(-c2ccc(C)cc2)c1C#N)C(=O)Nc1ccc2c(c1)c1ccccc1n2CC. The Hall–Kier alpha value is -4.79. The monoisotopic (exact) mass is 544 g/mol. The van der Waals surface area contributed by atoms with Crippen LogP contribution >= 0.6 is 11.8 Å². The van der Waals surface area contributed by atoms with E-state index in [-0.39, 0.29) is 22.9 Å². The molecule has 0 spiro atoms. The third kappa shape index (κ3) is 4.75. The second-order valence-corrected chi connectivity index (χ2v) is 10.7. The Bertz CT molecular complexity index is 1840. The van der Waals surface area contributed by atoms with Crippen LogP contribution in [-0.2, 0) is 11.3 Å². The lowest BCUT2D eigenvalue weighted by atomic mass is 9.96. The van der Waals surface area contributed by atoms with Gasteiger partial charge in [0.05, 0.1) is 10.8 Å². The standard InChI is InChI=1S/C32H28N6OS/c1-4-28(31(39)36-21-14-15-27-23(16-21)22-8-6-7-9-26(22)38(27)5-2)40-32-25(18-34)29(24(17-33)30(35)37-32)20-12-10-19(3)11-13-20/h6-16,28H,4-5H2,1-3H3,(H2,35,37)(H,36,39). The van der Waals surface area contributed by atoms with Gasteiger partial charge in [-0.25, -0.2) is 4.98 Å². The van der Waals surface area contributed by atoms with E-state index in [4.69, 9.17) is 5.73 Å². The molecule has 5 rings (SSSR count). The largest absolute Gasteiger partial charge is 0.383 e. The number of hydrogen-bond donors (Lipinski definition) is 2. The Balaban J connectivity index is 1.48. The maximum atomic E-state index is 13.5. The first-order valence-corrected chi connectivity index (χ1v) is 14.0. The number of para-hydroxylation sites is 1. The molecular weight excluding hydrogens is 516 g/mol. The Morgan fingerprint density at radius 1 is 1.00 bits per heavy atom. The topological polar surface area (TPSA) is 121 Å². The summed E-state index contributed by atoms with van der Waals surface area (Å²) in [5.74, 6) is -0.163. The Labute approximate surface area is 237 Å². The number of rotatable bonds is 7. The molecule has 1 atom stereocenters. The molecule has 0 aliphatic rings. The highest BCUT2D eigenvalue weighted by Crippen LogP contribution is 2.38. The minimum atomic E-state index is -0.537. The van der Waals surface area contributed by atoms with Crippen LogP contribution in [0.2, 0.25) is 0 Å². The van der Waals surface area contributed by atoms with Crippen molar-refractivity contribution >= 4 is 51.0 Å². The van der Waals surface area contributed by atoms with Crippen LogP contribution in [0, 0.1) is 29.6 Å². The van der Waals surface area contributed by atoms with E-state index in [1.54, 1.807) is 0 Å². The minimum absolute atomic E-state index is 0.0348. The zero-order valence-electron chi connectivity index (χ0n) is 22.5. The van der Waals surface area contributed by atoms with E-state index in [1.807, 2.05) is 68.4 Å². The number of thioether (sulfide) groups is 1. The van der Waals surface area contributed by atoms with Crippen LogP contribution in [0.1, 0.15) is 37.0 Å². The van der Waals surface area contributed by atoms with E-state index >= 15 is 0 Å². The van der Waals surface area contributed by atoms with Gasteiger partial charge in [0.15, 0.2) is 0 Å². The molecule has 0 saturated heterocycles. The number of fused-ring (bicyclic) bond motifs is 3. The molecule has 1 amide bonds. The van der Waals surface area contributed by atoms with Crippen molar-refractivity contribution in [2.24, 2.45) is 0 Å². The fraction of sp³-hybridized carbons (Fsp3) is 0.188. The molecule has 3 aromatic carbocycles. The average Bonchev–Trinajstić information content (AvgIpc) is 3.28. The Kier molecular flexibility index (Phi) is 7.46. The van der Waals surface area contributed by atoms with Gasteiger partial charge < -0.3 is 15.6 Å². The van der Waals surface area contributed by atoms with E-state index < -0.39 is 5.25 Å². The van der Waals surface area contributed by atoms with Gasteiger partial charge in [0, 0.05) is 39.6 Å². The first-order chi connectivity index (χ1) is 19.4. The molecular formula is C32H28N6OS. The number of nitrogens with zero attached hydrogens (tertiary/aromatic N) is 4. The summed E-state index contributed by atoms with van der Waals surface area (Å²) >= 11 is 1.19. The fourth-order valence-corrected chi connectivity index (χ4v) is 6.06. The van der Waals surface area contributed by atoms with Gasteiger partial charge in [-0.2, -0.15) is 10.5 Å². The zero-order valence-corrected chi connectivity index (χ0v) is 23.3. The summed E-state index contributed by atoms with van der Waals surface area (Å²) in [6.45, 7) is 6.84. The quantitative estimate of drug-likeness (QED) is 0.212. The van der Waals surface area contributed by atoms with E-state index in [0.717, 1.165) is 33.9 Å². The summed E-state index contributed by atoms with van der Waals surface area (Å²) in [6, 6.07) is 26.1. The zero-order chi connectivity index (χ0) is 28.4. The molecule has 2 aromatic heterocycles. The van der Waals surface area contributed by atoms with Crippen LogP contribution in [0.15, 0.2) is 71.8 Å². The number of nitriles is 2. The number of hydrogen-bond acceptors (Lipinski definition) is 6. The van der Waals surface area contributed by atoms with Crippen LogP contribution in [0.25, 0.3) is 32.9 Å². The van der Waals surface area contributed by atoms with Gasteiger partial charge >= 0.3 is 0 Å². The molecule has 7 nitrogen and oxygen atoms in total.